The normalized spacial score (nSPS) is 20.8. The molecule has 1 unspecified atom stereocenters. The number of fused-ring (bicyclic) bond motifs is 1. The van der Waals surface area contributed by atoms with E-state index in [2.05, 4.69) is 16.1 Å². The largest absolute Gasteiger partial charge is 0.368 e. The van der Waals surface area contributed by atoms with Crippen LogP contribution in [-0.2, 0) is 12.0 Å². The predicted molar refractivity (Wildman–Crippen MR) is 120 cm³/mol. The van der Waals surface area contributed by atoms with E-state index >= 15 is 0 Å². The molecular weight excluding hydrogens is 411 g/mol. The number of nitrogens with zero attached hydrogens (tertiary/aromatic N) is 3. The van der Waals surface area contributed by atoms with Crippen LogP contribution in [0.15, 0.2) is 63.5 Å². The van der Waals surface area contributed by atoms with Gasteiger partial charge in [0.15, 0.2) is 11.7 Å². The van der Waals surface area contributed by atoms with Crippen LogP contribution in [0, 0.1) is 12.3 Å². The lowest BCUT2D eigenvalue weighted by Crippen LogP contribution is -2.46. The molecule has 0 radical (unpaired) electrons. The van der Waals surface area contributed by atoms with Crippen molar-refractivity contribution in [3.05, 3.63) is 70.8 Å². The second-order valence-corrected chi connectivity index (χ2v) is 6.68. The summed E-state index contributed by atoms with van der Waals surface area (Å²) in [7, 11) is 0. The Hall–Kier alpha value is -2.74. The summed E-state index contributed by atoms with van der Waals surface area (Å²) in [5.41, 5.74) is 11.4. The van der Waals surface area contributed by atoms with Crippen molar-refractivity contribution in [1.29, 1.82) is 5.41 Å². The fourth-order valence-corrected chi connectivity index (χ4v) is 3.58. The molecule has 0 saturated heterocycles. The van der Waals surface area contributed by atoms with Crippen molar-refractivity contribution in [1.82, 2.24) is 5.48 Å². The first-order chi connectivity index (χ1) is 13.0. The van der Waals surface area contributed by atoms with Crippen LogP contribution in [0.4, 0.5) is 0 Å². The van der Waals surface area contributed by atoms with Gasteiger partial charge in [0.2, 0.25) is 11.5 Å². The summed E-state index contributed by atoms with van der Waals surface area (Å²) in [6.45, 7) is 1.98. The van der Waals surface area contributed by atoms with E-state index in [4.69, 9.17) is 16.1 Å². The summed E-state index contributed by atoms with van der Waals surface area (Å²) in [4.78, 5) is 13.5. The molecule has 2 aromatic carbocycles. The molecule has 152 valence electrons. The second kappa shape index (κ2) is 8.73. The van der Waals surface area contributed by atoms with Crippen molar-refractivity contribution in [2.45, 2.75) is 25.3 Å². The first-order valence-electron chi connectivity index (χ1n) is 8.71. The minimum absolute atomic E-state index is 0. The summed E-state index contributed by atoms with van der Waals surface area (Å²) < 4.78 is 0. The average molecular weight is 433 g/mol. The highest BCUT2D eigenvalue weighted by atomic mass is 35.5. The highest BCUT2D eigenvalue weighted by Gasteiger charge is 2.47. The molecule has 0 aromatic heterocycles. The molecule has 4 rings (SSSR count). The molecule has 7 nitrogen and oxygen atoms in total. The zero-order valence-corrected chi connectivity index (χ0v) is 17.3. The Morgan fingerprint density at radius 3 is 2.52 bits per heavy atom. The van der Waals surface area contributed by atoms with Crippen LogP contribution in [0.3, 0.4) is 0 Å². The quantitative estimate of drug-likeness (QED) is 0.331. The van der Waals surface area contributed by atoms with Crippen molar-refractivity contribution in [2.75, 3.05) is 0 Å². The molecule has 0 fully saturated rings. The Balaban J connectivity index is 0.00000150. The SMILES string of the molecule is Cc1ccc(C2(C(=N)NO)N=C(N)N=C2N=C2CCc3ccccc32)cc1.Cl.Cl. The molecule has 1 aliphatic heterocycles. The highest BCUT2D eigenvalue weighted by molar-refractivity contribution is 6.24. The first kappa shape index (κ1) is 22.5. The van der Waals surface area contributed by atoms with Crippen molar-refractivity contribution < 1.29 is 5.21 Å². The maximum atomic E-state index is 9.51. The minimum Gasteiger partial charge on any atom is -0.368 e. The number of amidine groups is 2. The Kier molecular flexibility index (Phi) is 6.79. The number of hydrogen-bond donors (Lipinski definition) is 4. The molecule has 0 bridgehead atoms. The molecule has 1 atom stereocenters. The number of hydroxylamine groups is 1. The first-order valence-corrected chi connectivity index (χ1v) is 8.71. The molecular formula is C20H22Cl2N6O. The molecule has 29 heavy (non-hydrogen) atoms. The lowest BCUT2D eigenvalue weighted by molar-refractivity contribution is 0.227. The van der Waals surface area contributed by atoms with Crippen molar-refractivity contribution in [3.8, 4) is 0 Å². The van der Waals surface area contributed by atoms with Crippen molar-refractivity contribution in [2.24, 2.45) is 20.7 Å². The molecule has 0 spiro atoms. The second-order valence-electron chi connectivity index (χ2n) is 6.68. The van der Waals surface area contributed by atoms with Crippen LogP contribution in [0.2, 0.25) is 0 Å². The molecule has 1 aliphatic carbocycles. The zero-order chi connectivity index (χ0) is 19.0. The van der Waals surface area contributed by atoms with Gasteiger partial charge in [-0.2, -0.15) is 4.99 Å². The summed E-state index contributed by atoms with van der Waals surface area (Å²) in [5, 5.41) is 17.9. The van der Waals surface area contributed by atoms with E-state index in [1.165, 1.54) is 5.56 Å². The van der Waals surface area contributed by atoms with E-state index in [1.807, 2.05) is 54.9 Å². The summed E-state index contributed by atoms with van der Waals surface area (Å²) in [5.74, 6) is 0.0597. The molecule has 0 amide bonds. The number of halogens is 2. The van der Waals surface area contributed by atoms with Gasteiger partial charge in [0.05, 0.1) is 5.71 Å². The molecule has 9 heteroatoms. The van der Waals surface area contributed by atoms with Gasteiger partial charge in [-0.1, -0.05) is 54.1 Å². The number of rotatable bonds is 2. The van der Waals surface area contributed by atoms with Gasteiger partial charge in [-0.15, -0.1) is 24.8 Å². The van der Waals surface area contributed by atoms with Crippen LogP contribution in [0.1, 0.15) is 28.7 Å². The van der Waals surface area contributed by atoms with Crippen LogP contribution in [0.25, 0.3) is 0 Å². The van der Waals surface area contributed by atoms with Crippen LogP contribution < -0.4 is 11.2 Å². The summed E-state index contributed by atoms with van der Waals surface area (Å²) >= 11 is 0. The van der Waals surface area contributed by atoms with E-state index in [9.17, 15) is 5.21 Å². The maximum Gasteiger partial charge on any atom is 0.219 e. The van der Waals surface area contributed by atoms with Gasteiger partial charge in [0.1, 0.15) is 0 Å². The van der Waals surface area contributed by atoms with Gasteiger partial charge < -0.3 is 5.73 Å². The fourth-order valence-electron chi connectivity index (χ4n) is 3.58. The number of nitrogens with two attached hydrogens (primary N) is 1. The van der Waals surface area contributed by atoms with E-state index in [-0.39, 0.29) is 42.4 Å². The van der Waals surface area contributed by atoms with Gasteiger partial charge in [-0.05, 0) is 36.5 Å². The van der Waals surface area contributed by atoms with E-state index in [0.29, 0.717) is 5.56 Å². The standard InChI is InChI=1S/C20H20N6O.2ClH/c1-12-6-9-14(10-7-12)20(17(21)26-27)18(24-19(22)25-20)23-16-11-8-13-4-2-3-5-15(13)16;;/h2-7,9-10,27H,8,11H2,1H3,(H2,21,26)(H2,22,25);2*1H. The van der Waals surface area contributed by atoms with Crippen molar-refractivity contribution in [3.63, 3.8) is 0 Å². The number of benzene rings is 2. The van der Waals surface area contributed by atoms with E-state index in [0.717, 1.165) is 29.7 Å². The van der Waals surface area contributed by atoms with Gasteiger partial charge in [-0.3, -0.25) is 16.1 Å². The highest BCUT2D eigenvalue weighted by Crippen LogP contribution is 2.34. The number of guanidine groups is 1. The third kappa shape index (κ3) is 3.76. The minimum atomic E-state index is -1.39. The number of hydrogen-bond acceptors (Lipinski definition) is 6. The monoisotopic (exact) mass is 432 g/mol. The Bertz CT molecular complexity index is 1020. The van der Waals surface area contributed by atoms with Crippen LogP contribution in [0.5, 0.6) is 0 Å². The smallest absolute Gasteiger partial charge is 0.219 e. The van der Waals surface area contributed by atoms with Gasteiger partial charge in [-0.25, -0.2) is 9.98 Å². The molecule has 0 saturated carbocycles. The lowest BCUT2D eigenvalue weighted by Gasteiger charge is -2.26. The molecule has 2 aromatic rings. The fraction of sp³-hybridized carbons (Fsp3) is 0.200. The third-order valence-electron chi connectivity index (χ3n) is 4.97. The Morgan fingerprint density at radius 2 is 1.83 bits per heavy atom. The third-order valence-corrected chi connectivity index (χ3v) is 4.97. The number of aryl methyl sites for hydroxylation is 2. The Morgan fingerprint density at radius 1 is 1.14 bits per heavy atom. The molecule has 2 aliphatic rings. The topological polar surface area (TPSA) is 119 Å². The van der Waals surface area contributed by atoms with Gasteiger partial charge in [0, 0.05) is 0 Å². The van der Waals surface area contributed by atoms with Crippen LogP contribution in [-0.4, -0.2) is 28.5 Å². The number of aliphatic imine (C=N–C) groups is 3. The van der Waals surface area contributed by atoms with E-state index in [1.54, 1.807) is 0 Å². The van der Waals surface area contributed by atoms with Gasteiger partial charge >= 0.3 is 0 Å². The zero-order valence-electron chi connectivity index (χ0n) is 15.7. The molecule has 5 N–H and O–H groups in total. The van der Waals surface area contributed by atoms with Crippen LogP contribution >= 0.6 is 24.8 Å². The predicted octanol–water partition coefficient (Wildman–Crippen LogP) is 3.15. The van der Waals surface area contributed by atoms with Crippen molar-refractivity contribution >= 4 is 48.2 Å². The average Bonchev–Trinajstić information content (AvgIpc) is 3.24. The lowest BCUT2D eigenvalue weighted by atomic mass is 9.87. The summed E-state index contributed by atoms with van der Waals surface area (Å²) in [6.07, 6.45) is 1.69. The van der Waals surface area contributed by atoms with Gasteiger partial charge in [0.25, 0.3) is 0 Å². The Labute approximate surface area is 181 Å². The molecule has 1 heterocycles. The summed E-state index contributed by atoms with van der Waals surface area (Å²) in [6, 6.07) is 15.6. The number of nitrogens with one attached hydrogen (secondary N) is 2. The maximum absolute atomic E-state index is 9.51. The van der Waals surface area contributed by atoms with E-state index < -0.39 is 5.54 Å².